The molecule has 0 bridgehead atoms. The number of carbonyl (C=O) groups is 2. The number of hydrogen-bond donors (Lipinski definition) is 1. The molecule has 1 amide bonds. The van der Waals surface area contributed by atoms with Crippen molar-refractivity contribution in [1.29, 1.82) is 0 Å². The Hall–Kier alpha value is -1.36. The molecule has 1 aromatic heterocycles. The molecule has 18 heavy (non-hydrogen) atoms. The van der Waals surface area contributed by atoms with Gasteiger partial charge in [0, 0.05) is 19.0 Å². The van der Waals surface area contributed by atoms with Crippen LogP contribution < -0.4 is 0 Å². The molecule has 2 rings (SSSR count). The van der Waals surface area contributed by atoms with Gasteiger partial charge in [0.15, 0.2) is 0 Å². The molecule has 1 fully saturated rings. The van der Waals surface area contributed by atoms with E-state index in [1.165, 1.54) is 11.3 Å². The highest BCUT2D eigenvalue weighted by Crippen LogP contribution is 2.24. The summed E-state index contributed by atoms with van der Waals surface area (Å²) in [5.74, 6) is -0.732. The maximum atomic E-state index is 12.3. The van der Waals surface area contributed by atoms with Gasteiger partial charge in [-0.2, -0.15) is 0 Å². The molecule has 98 valence electrons. The van der Waals surface area contributed by atoms with E-state index in [1.54, 1.807) is 0 Å². The van der Waals surface area contributed by atoms with Crippen molar-refractivity contribution >= 4 is 23.2 Å². The molecule has 1 N–H and O–H groups in total. The number of piperidine rings is 1. The Morgan fingerprint density at radius 3 is 2.94 bits per heavy atom. The Morgan fingerprint density at radius 1 is 1.44 bits per heavy atom. The first kappa shape index (κ1) is 13.1. The highest BCUT2D eigenvalue weighted by atomic mass is 32.1. The lowest BCUT2D eigenvalue weighted by atomic mass is 9.97. The lowest BCUT2D eigenvalue weighted by Crippen LogP contribution is -2.43. The third-order valence-corrected chi connectivity index (χ3v) is 4.17. The van der Waals surface area contributed by atoms with E-state index >= 15 is 0 Å². The Morgan fingerprint density at radius 2 is 2.28 bits per heavy atom. The van der Waals surface area contributed by atoms with E-state index in [1.807, 2.05) is 22.4 Å². The quantitative estimate of drug-likeness (QED) is 0.912. The standard InChI is InChI=1S/C13H17NO3S/c15-12(16)7-6-10-4-1-2-8-14(10)13(17)11-5-3-9-18-11/h3,5,9-10H,1-2,4,6-8H2,(H,15,16). The van der Waals surface area contributed by atoms with E-state index in [4.69, 9.17) is 5.11 Å². The van der Waals surface area contributed by atoms with Crippen molar-refractivity contribution in [3.8, 4) is 0 Å². The van der Waals surface area contributed by atoms with Crippen LogP contribution in [0.5, 0.6) is 0 Å². The second-order valence-electron chi connectivity index (χ2n) is 4.56. The zero-order valence-electron chi connectivity index (χ0n) is 10.2. The van der Waals surface area contributed by atoms with Gasteiger partial charge in [-0.1, -0.05) is 6.07 Å². The summed E-state index contributed by atoms with van der Waals surface area (Å²) >= 11 is 1.44. The zero-order chi connectivity index (χ0) is 13.0. The van der Waals surface area contributed by atoms with Crippen molar-refractivity contribution < 1.29 is 14.7 Å². The summed E-state index contributed by atoms with van der Waals surface area (Å²) in [7, 11) is 0. The van der Waals surface area contributed by atoms with Gasteiger partial charge >= 0.3 is 5.97 Å². The zero-order valence-corrected chi connectivity index (χ0v) is 11.0. The van der Waals surface area contributed by atoms with Gasteiger partial charge in [-0.3, -0.25) is 9.59 Å². The molecule has 4 nitrogen and oxygen atoms in total. The minimum Gasteiger partial charge on any atom is -0.481 e. The van der Waals surface area contributed by atoms with Gasteiger partial charge in [-0.25, -0.2) is 0 Å². The summed E-state index contributed by atoms with van der Waals surface area (Å²) in [6.45, 7) is 0.751. The molecule has 1 saturated heterocycles. The molecule has 0 spiro atoms. The van der Waals surface area contributed by atoms with Crippen molar-refractivity contribution in [3.05, 3.63) is 22.4 Å². The van der Waals surface area contributed by atoms with Crippen LogP contribution in [0.25, 0.3) is 0 Å². The highest BCUT2D eigenvalue weighted by Gasteiger charge is 2.28. The summed E-state index contributed by atoms with van der Waals surface area (Å²) in [6.07, 6.45) is 3.72. The summed E-state index contributed by atoms with van der Waals surface area (Å²) in [5.41, 5.74) is 0. The van der Waals surface area contributed by atoms with Crippen LogP contribution in [-0.2, 0) is 4.79 Å². The first-order valence-corrected chi connectivity index (χ1v) is 7.12. The molecule has 0 aromatic carbocycles. The Labute approximate surface area is 110 Å². The first-order valence-electron chi connectivity index (χ1n) is 6.25. The molecule has 0 aliphatic carbocycles. The van der Waals surface area contributed by atoms with E-state index in [0.29, 0.717) is 6.42 Å². The van der Waals surface area contributed by atoms with Crippen LogP contribution in [0, 0.1) is 0 Å². The van der Waals surface area contributed by atoms with Crippen LogP contribution in [0.4, 0.5) is 0 Å². The van der Waals surface area contributed by atoms with Crippen molar-refractivity contribution in [2.24, 2.45) is 0 Å². The third-order valence-electron chi connectivity index (χ3n) is 3.31. The van der Waals surface area contributed by atoms with Crippen molar-refractivity contribution in [2.75, 3.05) is 6.54 Å². The largest absolute Gasteiger partial charge is 0.481 e. The van der Waals surface area contributed by atoms with Gasteiger partial charge in [0.25, 0.3) is 5.91 Å². The van der Waals surface area contributed by atoms with Crippen LogP contribution in [0.1, 0.15) is 41.8 Å². The molecule has 1 aromatic rings. The van der Waals surface area contributed by atoms with Gasteiger partial charge in [-0.05, 0) is 37.1 Å². The Bertz CT molecular complexity index is 416. The van der Waals surface area contributed by atoms with Gasteiger partial charge in [0.1, 0.15) is 0 Å². The van der Waals surface area contributed by atoms with Crippen LogP contribution in [0.15, 0.2) is 17.5 Å². The molecular weight excluding hydrogens is 250 g/mol. The number of thiophene rings is 1. The number of hydrogen-bond acceptors (Lipinski definition) is 3. The van der Waals surface area contributed by atoms with E-state index in [2.05, 4.69) is 0 Å². The number of carboxylic acid groups (broad SMARTS) is 1. The molecule has 2 heterocycles. The number of carboxylic acids is 1. The van der Waals surface area contributed by atoms with Gasteiger partial charge < -0.3 is 10.0 Å². The van der Waals surface area contributed by atoms with Crippen LogP contribution in [0.3, 0.4) is 0 Å². The molecule has 5 heteroatoms. The fourth-order valence-electron chi connectivity index (χ4n) is 2.40. The number of rotatable bonds is 4. The van der Waals surface area contributed by atoms with Gasteiger partial charge in [0.05, 0.1) is 4.88 Å². The molecule has 1 unspecified atom stereocenters. The van der Waals surface area contributed by atoms with Crippen LogP contribution in [-0.4, -0.2) is 34.5 Å². The third kappa shape index (κ3) is 3.10. The smallest absolute Gasteiger partial charge is 0.303 e. The molecule has 0 saturated carbocycles. The average Bonchev–Trinajstić information content (AvgIpc) is 2.89. The van der Waals surface area contributed by atoms with E-state index in [9.17, 15) is 9.59 Å². The summed E-state index contributed by atoms with van der Waals surface area (Å²) in [6, 6.07) is 3.79. The van der Waals surface area contributed by atoms with Gasteiger partial charge in [-0.15, -0.1) is 11.3 Å². The first-order chi connectivity index (χ1) is 8.68. The Balaban J connectivity index is 2.03. The molecular formula is C13H17NO3S. The predicted molar refractivity (Wildman–Crippen MR) is 69.9 cm³/mol. The fraction of sp³-hybridized carbons (Fsp3) is 0.538. The van der Waals surface area contributed by atoms with Crippen LogP contribution in [0.2, 0.25) is 0 Å². The second-order valence-corrected chi connectivity index (χ2v) is 5.51. The predicted octanol–water partition coefficient (Wildman–Crippen LogP) is 2.61. The van der Waals surface area contributed by atoms with E-state index < -0.39 is 5.97 Å². The number of amides is 1. The normalized spacial score (nSPS) is 19.8. The van der Waals surface area contributed by atoms with E-state index in [0.717, 1.165) is 30.7 Å². The highest BCUT2D eigenvalue weighted by molar-refractivity contribution is 7.12. The lowest BCUT2D eigenvalue weighted by Gasteiger charge is -2.35. The minimum absolute atomic E-state index is 0.0556. The minimum atomic E-state index is -0.788. The summed E-state index contributed by atoms with van der Waals surface area (Å²) in [4.78, 5) is 25.6. The topological polar surface area (TPSA) is 57.6 Å². The number of carbonyl (C=O) groups excluding carboxylic acids is 1. The maximum Gasteiger partial charge on any atom is 0.303 e. The van der Waals surface area contributed by atoms with Crippen LogP contribution >= 0.6 is 11.3 Å². The number of nitrogens with zero attached hydrogens (tertiary/aromatic N) is 1. The summed E-state index contributed by atoms with van der Waals surface area (Å²) < 4.78 is 0. The average molecular weight is 267 g/mol. The van der Waals surface area contributed by atoms with Crippen molar-refractivity contribution in [1.82, 2.24) is 4.90 Å². The number of aliphatic carboxylic acids is 1. The molecule has 0 radical (unpaired) electrons. The maximum absolute atomic E-state index is 12.3. The fourth-order valence-corrected chi connectivity index (χ4v) is 3.08. The van der Waals surface area contributed by atoms with Crippen molar-refractivity contribution in [3.63, 3.8) is 0 Å². The lowest BCUT2D eigenvalue weighted by molar-refractivity contribution is -0.137. The SMILES string of the molecule is O=C(O)CCC1CCCCN1C(=O)c1cccs1. The van der Waals surface area contributed by atoms with Crippen molar-refractivity contribution in [2.45, 2.75) is 38.1 Å². The monoisotopic (exact) mass is 267 g/mol. The Kier molecular flexibility index (Phi) is 4.36. The van der Waals surface area contributed by atoms with E-state index in [-0.39, 0.29) is 18.4 Å². The molecule has 1 aliphatic rings. The molecule has 1 atom stereocenters. The molecule has 1 aliphatic heterocycles. The van der Waals surface area contributed by atoms with Gasteiger partial charge in [0.2, 0.25) is 0 Å². The number of likely N-dealkylation sites (tertiary alicyclic amines) is 1. The summed E-state index contributed by atoms with van der Waals surface area (Å²) in [5, 5.41) is 10.6. The second kappa shape index (κ2) is 6.00.